The number of carbonyl (C=O) groups excluding carboxylic acids is 2. The number of hydrogen-bond donors (Lipinski definition) is 1. The van der Waals surface area contributed by atoms with Crippen molar-refractivity contribution in [2.45, 2.75) is 64.9 Å². The molecule has 0 radical (unpaired) electrons. The van der Waals surface area contributed by atoms with Crippen molar-refractivity contribution in [2.24, 2.45) is 0 Å². The lowest BCUT2D eigenvalue weighted by Crippen LogP contribution is -2.38. The van der Waals surface area contributed by atoms with Crippen molar-refractivity contribution in [1.29, 1.82) is 0 Å². The molecule has 3 rings (SSSR count). The van der Waals surface area contributed by atoms with Crippen molar-refractivity contribution in [3.63, 3.8) is 0 Å². The molecule has 190 valence electrons. The van der Waals surface area contributed by atoms with E-state index in [2.05, 4.69) is 10.1 Å². The Balaban J connectivity index is 1.81. The Labute approximate surface area is 201 Å². The van der Waals surface area contributed by atoms with Crippen LogP contribution in [0.2, 0.25) is 0 Å². The Morgan fingerprint density at radius 3 is 2.20 bits per heavy atom. The van der Waals surface area contributed by atoms with E-state index in [1.54, 1.807) is 9.47 Å². The van der Waals surface area contributed by atoms with Crippen LogP contribution >= 0.6 is 0 Å². The summed E-state index contributed by atoms with van der Waals surface area (Å²) in [4.78, 5) is 41.0. The van der Waals surface area contributed by atoms with E-state index in [1.165, 1.54) is 24.5 Å². The van der Waals surface area contributed by atoms with E-state index in [0.29, 0.717) is 18.7 Å². The van der Waals surface area contributed by atoms with Gasteiger partial charge in [0.05, 0.1) is 0 Å². The van der Waals surface area contributed by atoms with Gasteiger partial charge in [0.2, 0.25) is 5.43 Å². The third-order valence-corrected chi connectivity index (χ3v) is 6.12. The van der Waals surface area contributed by atoms with E-state index >= 15 is 0 Å². The number of ether oxygens (including phenoxy) is 1. The minimum atomic E-state index is -4.79. The summed E-state index contributed by atoms with van der Waals surface area (Å²) in [7, 11) is 0. The molecule has 2 heterocycles. The van der Waals surface area contributed by atoms with Crippen LogP contribution < -0.4 is 15.5 Å². The fourth-order valence-electron chi connectivity index (χ4n) is 3.91. The lowest BCUT2D eigenvalue weighted by molar-refractivity contribution is -0.274. The minimum Gasteiger partial charge on any atom is -0.406 e. The highest BCUT2D eigenvalue weighted by Gasteiger charge is 2.31. The van der Waals surface area contributed by atoms with Crippen molar-refractivity contribution in [2.75, 3.05) is 13.1 Å². The number of aromatic nitrogens is 1. The van der Waals surface area contributed by atoms with Crippen molar-refractivity contribution in [3.8, 4) is 5.75 Å². The maximum absolute atomic E-state index is 13.2. The van der Waals surface area contributed by atoms with Gasteiger partial charge in [0.15, 0.2) is 0 Å². The topological polar surface area (TPSA) is 80.6 Å². The molecule has 0 spiro atoms. The first-order chi connectivity index (χ1) is 16.6. The molecule has 7 nitrogen and oxygen atoms in total. The predicted octanol–water partition coefficient (Wildman–Crippen LogP) is 4.66. The highest BCUT2D eigenvalue weighted by Crippen LogP contribution is 2.23. The second kappa shape index (κ2) is 11.4. The van der Waals surface area contributed by atoms with Gasteiger partial charge in [0, 0.05) is 38.1 Å². The van der Waals surface area contributed by atoms with Gasteiger partial charge in [0.25, 0.3) is 11.8 Å². The number of rotatable bonds is 7. The third kappa shape index (κ3) is 7.10. The molecule has 1 fully saturated rings. The van der Waals surface area contributed by atoms with Crippen molar-refractivity contribution >= 4 is 11.8 Å². The number of nitrogens with one attached hydrogen (secondary N) is 1. The first-order valence-electron chi connectivity index (χ1n) is 11.8. The lowest BCUT2D eigenvalue weighted by Gasteiger charge is -2.22. The first kappa shape index (κ1) is 26.3. The fraction of sp³-hybridized carbons (Fsp3) is 0.480. The summed E-state index contributed by atoms with van der Waals surface area (Å²) in [5.74, 6) is -1.40. The smallest absolute Gasteiger partial charge is 0.406 e. The van der Waals surface area contributed by atoms with Crippen LogP contribution in [0.1, 0.15) is 78.3 Å². The van der Waals surface area contributed by atoms with E-state index in [-0.39, 0.29) is 35.4 Å². The van der Waals surface area contributed by atoms with E-state index in [4.69, 9.17) is 0 Å². The number of carbonyl (C=O) groups is 2. The van der Waals surface area contributed by atoms with Crippen molar-refractivity contribution in [3.05, 3.63) is 63.6 Å². The molecule has 0 bridgehead atoms. The normalized spacial score (nSPS) is 15.3. The summed E-state index contributed by atoms with van der Waals surface area (Å²) in [5.41, 5.74) is -0.298. The molecule has 1 aromatic heterocycles. The summed E-state index contributed by atoms with van der Waals surface area (Å²) in [6, 6.07) is 5.02. The minimum absolute atomic E-state index is 0.0157. The number of likely N-dealkylation sites (tertiary alicyclic amines) is 1. The van der Waals surface area contributed by atoms with Crippen LogP contribution in [0.25, 0.3) is 0 Å². The van der Waals surface area contributed by atoms with E-state index in [0.717, 1.165) is 44.2 Å². The first-order valence-corrected chi connectivity index (χ1v) is 11.8. The SMILES string of the molecule is CC[C@@H](C)n1cc(C(=O)NCc2ccc(OC(F)(F)F)cc2)c(=O)c(C(=O)N2CCCCCC2)c1. The zero-order valence-electron chi connectivity index (χ0n) is 19.9. The molecule has 2 amide bonds. The summed E-state index contributed by atoms with van der Waals surface area (Å²) >= 11 is 0. The average molecular weight is 494 g/mol. The van der Waals surface area contributed by atoms with Crippen LogP contribution in [0.15, 0.2) is 41.5 Å². The molecule has 1 saturated heterocycles. The van der Waals surface area contributed by atoms with E-state index in [1.807, 2.05) is 13.8 Å². The van der Waals surface area contributed by atoms with Crippen LogP contribution in [0.5, 0.6) is 5.75 Å². The second-order valence-electron chi connectivity index (χ2n) is 8.70. The largest absolute Gasteiger partial charge is 0.573 e. The average Bonchev–Trinajstić information content (AvgIpc) is 3.11. The molecule has 1 aliphatic heterocycles. The summed E-state index contributed by atoms with van der Waals surface area (Å²) in [6.45, 7) is 5.03. The maximum Gasteiger partial charge on any atom is 0.573 e. The standard InChI is InChI=1S/C25H30F3N3O4/c1-3-17(2)31-15-20(22(32)21(16-31)24(34)30-12-6-4-5-7-13-30)23(33)29-14-18-8-10-19(11-9-18)35-25(26,27)28/h8-11,15-17H,3-7,12-14H2,1-2H3,(H,29,33)/t17-/m1/s1. The molecule has 0 aliphatic carbocycles. The van der Waals surface area contributed by atoms with Crippen LogP contribution in [-0.2, 0) is 6.54 Å². The Bertz CT molecular complexity index is 1090. The Hall–Kier alpha value is -3.30. The summed E-state index contributed by atoms with van der Waals surface area (Å²) in [6.07, 6.45) is 2.73. The molecule has 1 N–H and O–H groups in total. The maximum atomic E-state index is 13.2. The number of pyridine rings is 1. The quantitative estimate of drug-likeness (QED) is 0.608. The van der Waals surface area contributed by atoms with Gasteiger partial charge < -0.3 is 19.5 Å². The molecule has 0 saturated carbocycles. The lowest BCUT2D eigenvalue weighted by atomic mass is 10.1. The molecule has 35 heavy (non-hydrogen) atoms. The van der Waals surface area contributed by atoms with Gasteiger partial charge in [-0.05, 0) is 43.9 Å². The van der Waals surface area contributed by atoms with Crippen LogP contribution in [0.4, 0.5) is 13.2 Å². The molecule has 0 unspecified atom stereocenters. The van der Waals surface area contributed by atoms with Gasteiger partial charge in [-0.1, -0.05) is 31.9 Å². The van der Waals surface area contributed by atoms with Gasteiger partial charge >= 0.3 is 6.36 Å². The summed E-state index contributed by atoms with van der Waals surface area (Å²) < 4.78 is 42.5. The zero-order chi connectivity index (χ0) is 25.6. The predicted molar refractivity (Wildman–Crippen MR) is 124 cm³/mol. The molecule has 10 heteroatoms. The molecule has 2 aromatic rings. The number of halogens is 3. The number of alkyl halides is 3. The molecular weight excluding hydrogens is 463 g/mol. The molecule has 1 aromatic carbocycles. The Kier molecular flexibility index (Phi) is 8.58. The van der Waals surface area contributed by atoms with Crippen molar-refractivity contribution in [1.82, 2.24) is 14.8 Å². The Morgan fingerprint density at radius 1 is 1.03 bits per heavy atom. The van der Waals surface area contributed by atoms with Crippen LogP contribution in [0.3, 0.4) is 0 Å². The Morgan fingerprint density at radius 2 is 1.63 bits per heavy atom. The highest BCUT2D eigenvalue weighted by atomic mass is 19.4. The van der Waals surface area contributed by atoms with Gasteiger partial charge in [-0.15, -0.1) is 13.2 Å². The van der Waals surface area contributed by atoms with Gasteiger partial charge in [0.1, 0.15) is 16.9 Å². The number of hydrogen-bond acceptors (Lipinski definition) is 4. The highest BCUT2D eigenvalue weighted by molar-refractivity contribution is 5.99. The van der Waals surface area contributed by atoms with Crippen LogP contribution in [-0.4, -0.2) is 40.7 Å². The second-order valence-corrected chi connectivity index (χ2v) is 8.70. The van der Waals surface area contributed by atoms with Gasteiger partial charge in [-0.25, -0.2) is 0 Å². The third-order valence-electron chi connectivity index (χ3n) is 6.12. The number of nitrogens with zero attached hydrogens (tertiary/aromatic N) is 2. The molecule has 1 atom stereocenters. The molecular formula is C25H30F3N3O4. The molecule has 1 aliphatic rings. The monoisotopic (exact) mass is 493 g/mol. The fourth-order valence-corrected chi connectivity index (χ4v) is 3.91. The van der Waals surface area contributed by atoms with Crippen molar-refractivity contribution < 1.29 is 27.5 Å². The number of benzene rings is 1. The number of amides is 2. The van der Waals surface area contributed by atoms with Gasteiger partial charge in [-0.2, -0.15) is 0 Å². The van der Waals surface area contributed by atoms with Crippen LogP contribution in [0, 0.1) is 0 Å². The zero-order valence-corrected chi connectivity index (χ0v) is 19.9. The van der Waals surface area contributed by atoms with E-state index in [9.17, 15) is 27.6 Å². The summed E-state index contributed by atoms with van der Waals surface area (Å²) in [5, 5.41) is 2.62. The van der Waals surface area contributed by atoms with E-state index < -0.39 is 17.7 Å². The van der Waals surface area contributed by atoms with Gasteiger partial charge in [-0.3, -0.25) is 14.4 Å².